The van der Waals surface area contributed by atoms with Crippen molar-refractivity contribution in [2.75, 3.05) is 17.6 Å². The van der Waals surface area contributed by atoms with Crippen molar-refractivity contribution in [2.45, 2.75) is 42.6 Å². The van der Waals surface area contributed by atoms with Crippen molar-refractivity contribution in [3.63, 3.8) is 0 Å². The molecule has 0 aromatic heterocycles. The predicted molar refractivity (Wildman–Crippen MR) is 169 cm³/mol. The summed E-state index contributed by atoms with van der Waals surface area (Å²) >= 11 is 1.59. The number of hydrogen-bond donors (Lipinski definition) is 2. The topological polar surface area (TPSA) is 128 Å². The number of carbonyl (C=O) groups is 1. The molecule has 0 atom stereocenters. The van der Waals surface area contributed by atoms with E-state index in [2.05, 4.69) is 24.4 Å². The number of unbranched alkanes of at least 4 members (excludes halogenated alkanes) is 1. The first-order chi connectivity index (χ1) is 20.7. The summed E-state index contributed by atoms with van der Waals surface area (Å²) in [5.41, 5.74) is 2.17. The van der Waals surface area contributed by atoms with E-state index in [-0.39, 0.29) is 11.3 Å². The molecule has 0 fully saturated rings. The molecule has 224 valence electrons. The van der Waals surface area contributed by atoms with Crippen molar-refractivity contribution in [3.05, 3.63) is 124 Å². The number of benzene rings is 4. The molecular weight excluding hydrogens is 587 g/mol. The van der Waals surface area contributed by atoms with Crippen LogP contribution in [-0.2, 0) is 23.1 Å². The summed E-state index contributed by atoms with van der Waals surface area (Å²) in [6.07, 6.45) is 3.34. The van der Waals surface area contributed by atoms with Crippen LogP contribution < -0.4 is 14.8 Å². The van der Waals surface area contributed by atoms with E-state index in [4.69, 9.17) is 4.74 Å². The van der Waals surface area contributed by atoms with Gasteiger partial charge in [0.2, 0.25) is 0 Å². The van der Waals surface area contributed by atoms with Gasteiger partial charge in [0.15, 0.2) is 0 Å². The molecule has 4 rings (SSSR count). The van der Waals surface area contributed by atoms with E-state index in [0.29, 0.717) is 24.7 Å². The minimum absolute atomic E-state index is 0.0971. The zero-order valence-electron chi connectivity index (χ0n) is 23.7. The Morgan fingerprint density at radius 3 is 2.30 bits per heavy atom. The second-order valence-electron chi connectivity index (χ2n) is 9.69. The van der Waals surface area contributed by atoms with Crippen molar-refractivity contribution in [1.29, 1.82) is 0 Å². The van der Waals surface area contributed by atoms with E-state index < -0.39 is 31.4 Å². The highest BCUT2D eigenvalue weighted by Crippen LogP contribution is 2.28. The van der Waals surface area contributed by atoms with E-state index >= 15 is 0 Å². The number of nitro benzene ring substituents is 1. The smallest absolute Gasteiger partial charge is 0.293 e. The summed E-state index contributed by atoms with van der Waals surface area (Å²) in [5, 5.41) is 14.7. The number of aryl methyl sites for hydroxylation is 1. The summed E-state index contributed by atoms with van der Waals surface area (Å²) in [6.45, 7) is 2.94. The first-order valence-corrected chi connectivity index (χ1v) is 16.3. The van der Waals surface area contributed by atoms with Crippen molar-refractivity contribution < 1.29 is 22.9 Å². The third kappa shape index (κ3) is 9.32. The van der Waals surface area contributed by atoms with Crippen LogP contribution in [0.15, 0.2) is 107 Å². The van der Waals surface area contributed by atoms with Gasteiger partial charge in [-0.25, -0.2) is 13.1 Å². The Labute approximate surface area is 255 Å². The summed E-state index contributed by atoms with van der Waals surface area (Å²) in [6, 6.07) is 27.5. The number of nitro groups is 1. The molecule has 0 saturated carbocycles. The lowest BCUT2D eigenvalue weighted by molar-refractivity contribution is -0.384. The van der Waals surface area contributed by atoms with Crippen LogP contribution in [0.4, 0.5) is 11.4 Å². The molecule has 1 amide bonds. The molecule has 0 radical (unpaired) electrons. The number of nitrogens with one attached hydrogen (secondary N) is 2. The fourth-order valence-corrected chi connectivity index (χ4v) is 5.93. The Balaban J connectivity index is 1.33. The Bertz CT molecular complexity index is 1630. The van der Waals surface area contributed by atoms with Crippen molar-refractivity contribution in [2.24, 2.45) is 0 Å². The highest BCUT2D eigenvalue weighted by molar-refractivity contribution is 7.99. The lowest BCUT2D eigenvalue weighted by atomic mass is 10.1. The average Bonchev–Trinajstić information content (AvgIpc) is 3.02. The summed E-state index contributed by atoms with van der Waals surface area (Å²) in [7, 11) is -4.37. The van der Waals surface area contributed by atoms with E-state index in [1.807, 2.05) is 47.2 Å². The molecule has 0 spiro atoms. The fourth-order valence-electron chi connectivity index (χ4n) is 4.14. The minimum atomic E-state index is -4.37. The van der Waals surface area contributed by atoms with Crippen LogP contribution in [-0.4, -0.2) is 31.5 Å². The number of rotatable bonds is 15. The van der Waals surface area contributed by atoms with Gasteiger partial charge in [0.1, 0.15) is 18.0 Å². The van der Waals surface area contributed by atoms with Gasteiger partial charge in [-0.1, -0.05) is 55.8 Å². The van der Waals surface area contributed by atoms with E-state index in [1.54, 1.807) is 23.9 Å². The summed E-state index contributed by atoms with van der Waals surface area (Å²) in [5.74, 6) is 0.306. The normalized spacial score (nSPS) is 11.1. The fraction of sp³-hybridized carbons (Fsp3) is 0.219. The van der Waals surface area contributed by atoms with Crippen LogP contribution >= 0.6 is 11.8 Å². The molecule has 43 heavy (non-hydrogen) atoms. The molecule has 4 aromatic rings. The van der Waals surface area contributed by atoms with Gasteiger partial charge in [0.05, 0.1) is 9.82 Å². The maximum atomic E-state index is 12.9. The third-order valence-electron chi connectivity index (χ3n) is 6.50. The van der Waals surface area contributed by atoms with Gasteiger partial charge in [-0.2, -0.15) is 0 Å². The van der Waals surface area contributed by atoms with Gasteiger partial charge in [-0.15, -0.1) is 11.8 Å². The zero-order valence-corrected chi connectivity index (χ0v) is 25.3. The number of sulfonamides is 1. The first kappa shape index (κ1) is 31.6. The van der Waals surface area contributed by atoms with Gasteiger partial charge >= 0.3 is 0 Å². The van der Waals surface area contributed by atoms with E-state index in [9.17, 15) is 23.3 Å². The Morgan fingerprint density at radius 2 is 1.63 bits per heavy atom. The van der Waals surface area contributed by atoms with Crippen LogP contribution in [0.25, 0.3) is 0 Å². The monoisotopic (exact) mass is 619 g/mol. The third-order valence-corrected chi connectivity index (χ3v) is 8.84. The molecule has 4 aromatic carbocycles. The highest BCUT2D eigenvalue weighted by Gasteiger charge is 2.24. The lowest BCUT2D eigenvalue weighted by Crippen LogP contribution is -2.30. The molecule has 0 aliphatic carbocycles. The second kappa shape index (κ2) is 15.2. The molecular formula is C32H33N3O6S2. The average molecular weight is 620 g/mol. The largest absolute Gasteiger partial charge is 0.489 e. The van der Waals surface area contributed by atoms with Crippen LogP contribution in [0.3, 0.4) is 0 Å². The van der Waals surface area contributed by atoms with Gasteiger partial charge in [0, 0.05) is 28.8 Å². The van der Waals surface area contributed by atoms with Gasteiger partial charge in [-0.05, 0) is 72.5 Å². The SMILES string of the molecule is CCCCc1ccc(COc2ccc(C(=O)NS(=O)(=O)c3ccc(NCCSc4ccccc4)c([N+](=O)[O-])c3)cc2)cc1. The molecule has 9 nitrogen and oxygen atoms in total. The Kier molecular flexibility index (Phi) is 11.2. The van der Waals surface area contributed by atoms with Crippen molar-refractivity contribution in [3.8, 4) is 5.75 Å². The molecule has 0 unspecified atom stereocenters. The number of anilines is 1. The summed E-state index contributed by atoms with van der Waals surface area (Å²) < 4.78 is 33.6. The number of thioether (sulfide) groups is 1. The molecule has 0 saturated heterocycles. The molecule has 0 aliphatic rings. The quantitative estimate of drug-likeness (QED) is 0.0641. The van der Waals surface area contributed by atoms with Gasteiger partial charge < -0.3 is 10.1 Å². The summed E-state index contributed by atoms with van der Waals surface area (Å²) in [4.78, 5) is 24.4. The van der Waals surface area contributed by atoms with E-state index in [1.165, 1.54) is 29.8 Å². The number of carbonyl (C=O) groups excluding carboxylic acids is 1. The van der Waals surface area contributed by atoms with Crippen LogP contribution in [0, 0.1) is 10.1 Å². The Hall–Kier alpha value is -4.35. The molecule has 11 heteroatoms. The maximum Gasteiger partial charge on any atom is 0.293 e. The molecule has 0 aliphatic heterocycles. The highest BCUT2D eigenvalue weighted by atomic mass is 32.2. The second-order valence-corrected chi connectivity index (χ2v) is 12.5. The lowest BCUT2D eigenvalue weighted by Gasteiger charge is -2.11. The maximum absolute atomic E-state index is 12.9. The number of hydrogen-bond acceptors (Lipinski definition) is 8. The first-order valence-electron chi connectivity index (χ1n) is 13.8. The van der Waals surface area contributed by atoms with E-state index in [0.717, 1.165) is 35.8 Å². The number of amides is 1. The number of ether oxygens (including phenoxy) is 1. The van der Waals surface area contributed by atoms with Gasteiger partial charge in [-0.3, -0.25) is 14.9 Å². The van der Waals surface area contributed by atoms with Crippen LogP contribution in [0.2, 0.25) is 0 Å². The minimum Gasteiger partial charge on any atom is -0.489 e. The van der Waals surface area contributed by atoms with Crippen molar-refractivity contribution in [1.82, 2.24) is 4.72 Å². The molecule has 0 bridgehead atoms. The Morgan fingerprint density at radius 1 is 0.930 bits per heavy atom. The zero-order chi connectivity index (χ0) is 30.7. The van der Waals surface area contributed by atoms with Gasteiger partial charge in [0.25, 0.3) is 21.6 Å². The standard InChI is InChI=1S/C32H33N3O6S2/c1-2-3-7-24-10-12-25(13-11-24)23-41-27-16-14-26(15-17-27)32(36)34-43(39,40)29-18-19-30(31(22-29)35(37)38)33-20-21-42-28-8-5-4-6-9-28/h4-6,8-19,22,33H,2-3,7,20-21,23H2,1H3,(H,34,36). The van der Waals surface area contributed by atoms with Crippen LogP contribution in [0.5, 0.6) is 5.75 Å². The van der Waals surface area contributed by atoms with Crippen molar-refractivity contribution >= 4 is 39.1 Å². The predicted octanol–water partition coefficient (Wildman–Crippen LogP) is 6.84. The number of nitrogens with zero attached hydrogens (tertiary/aromatic N) is 1. The molecule has 2 N–H and O–H groups in total. The van der Waals surface area contributed by atoms with Crippen LogP contribution in [0.1, 0.15) is 41.3 Å². The molecule has 0 heterocycles.